The largest absolute Gasteiger partial charge is 0.434 e. The molecule has 2 atom stereocenters. The summed E-state index contributed by atoms with van der Waals surface area (Å²) in [6, 6.07) is 5.28. The highest BCUT2D eigenvalue weighted by Crippen LogP contribution is 2.26. The molecule has 0 aliphatic heterocycles. The predicted octanol–water partition coefficient (Wildman–Crippen LogP) is 2.62. The Morgan fingerprint density at radius 2 is 2.00 bits per heavy atom. The summed E-state index contributed by atoms with van der Waals surface area (Å²) in [5.41, 5.74) is 6.08. The molecular weight excluding hydrogens is 290 g/mol. The van der Waals surface area contributed by atoms with Crippen LogP contribution in [0.4, 0.5) is 8.78 Å². The first kappa shape index (κ1) is 18.6. The lowest BCUT2D eigenvalue weighted by Gasteiger charge is -2.19. The molecule has 0 heterocycles. The molecule has 4 nitrogen and oxygen atoms in total. The van der Waals surface area contributed by atoms with Crippen LogP contribution < -0.4 is 15.8 Å². The Morgan fingerprint density at radius 1 is 1.40 bits per heavy atom. The molecule has 3 N–H and O–H groups in total. The summed E-state index contributed by atoms with van der Waals surface area (Å²) in [7, 11) is 0. The maximum atomic E-state index is 12.3. The van der Waals surface area contributed by atoms with E-state index in [1.165, 1.54) is 6.07 Å². The number of hydrogen-bond donors (Lipinski definition) is 2. The molecule has 0 bridgehead atoms. The highest BCUT2D eigenvalue weighted by molar-refractivity contribution is 5.85. The van der Waals surface area contributed by atoms with E-state index in [1.807, 2.05) is 0 Å². The quantitative estimate of drug-likeness (QED) is 0.849. The number of hydrogen-bond acceptors (Lipinski definition) is 3. The first-order chi connectivity index (χ1) is 8.95. The zero-order chi connectivity index (χ0) is 14.4. The van der Waals surface area contributed by atoms with Crippen LogP contribution in [0.1, 0.15) is 31.9 Å². The fourth-order valence-corrected chi connectivity index (χ4v) is 1.63. The van der Waals surface area contributed by atoms with Gasteiger partial charge in [0.2, 0.25) is 5.91 Å². The lowest BCUT2D eigenvalue weighted by atomic mass is 10.1. The van der Waals surface area contributed by atoms with Crippen molar-refractivity contribution in [3.05, 3.63) is 29.8 Å². The molecule has 1 aromatic rings. The van der Waals surface area contributed by atoms with E-state index < -0.39 is 18.7 Å². The lowest BCUT2D eigenvalue weighted by Crippen LogP contribution is -2.41. The van der Waals surface area contributed by atoms with Gasteiger partial charge in [0.1, 0.15) is 5.75 Å². The number of nitrogens with two attached hydrogens (primary N) is 1. The molecule has 0 saturated carbocycles. The summed E-state index contributed by atoms with van der Waals surface area (Å²) < 4.78 is 29.0. The van der Waals surface area contributed by atoms with Crippen LogP contribution in [0.5, 0.6) is 5.75 Å². The summed E-state index contributed by atoms with van der Waals surface area (Å²) in [6.45, 7) is 0.582. The van der Waals surface area contributed by atoms with Gasteiger partial charge in [-0.05, 0) is 19.4 Å². The van der Waals surface area contributed by atoms with E-state index in [1.54, 1.807) is 32.0 Å². The van der Waals surface area contributed by atoms with Crippen LogP contribution in [0.25, 0.3) is 0 Å². The van der Waals surface area contributed by atoms with Gasteiger partial charge < -0.3 is 15.8 Å². The second-order valence-electron chi connectivity index (χ2n) is 4.16. The summed E-state index contributed by atoms with van der Waals surface area (Å²) in [5.74, 6) is -0.266. The summed E-state index contributed by atoms with van der Waals surface area (Å²) in [5, 5.41) is 2.67. The van der Waals surface area contributed by atoms with Gasteiger partial charge in [0.25, 0.3) is 0 Å². The maximum Gasteiger partial charge on any atom is 0.387 e. The SMILES string of the molecule is CC[C@H](N)C(=O)NC(C)c1ccccc1OC(F)F.Cl. The molecule has 1 amide bonds. The topological polar surface area (TPSA) is 64.4 Å². The number of alkyl halides is 2. The monoisotopic (exact) mass is 308 g/mol. The smallest absolute Gasteiger partial charge is 0.387 e. The molecule has 0 aromatic heterocycles. The lowest BCUT2D eigenvalue weighted by molar-refractivity contribution is -0.123. The molecule has 114 valence electrons. The van der Waals surface area contributed by atoms with Crippen LogP contribution in [-0.2, 0) is 4.79 Å². The van der Waals surface area contributed by atoms with Crippen molar-refractivity contribution in [2.24, 2.45) is 5.73 Å². The Kier molecular flexibility index (Phi) is 8.10. The molecule has 0 spiro atoms. The van der Waals surface area contributed by atoms with Crippen LogP contribution in [-0.4, -0.2) is 18.6 Å². The summed E-state index contributed by atoms with van der Waals surface area (Å²) in [6.07, 6.45) is 0.508. The first-order valence-corrected chi connectivity index (χ1v) is 6.05. The molecular formula is C13H19ClF2N2O2. The molecule has 1 aromatic carbocycles. The van der Waals surface area contributed by atoms with Gasteiger partial charge in [-0.15, -0.1) is 12.4 Å². The van der Waals surface area contributed by atoms with E-state index in [0.717, 1.165) is 0 Å². The standard InChI is InChI=1S/C13H18F2N2O2.ClH/c1-3-10(16)12(18)17-8(2)9-6-4-5-7-11(9)19-13(14)15;/h4-8,10,13H,3,16H2,1-2H3,(H,17,18);1H/t8?,10-;/m0./s1. The number of benzene rings is 1. The predicted molar refractivity (Wildman–Crippen MR) is 75.1 cm³/mol. The van der Waals surface area contributed by atoms with Crippen molar-refractivity contribution >= 4 is 18.3 Å². The van der Waals surface area contributed by atoms with E-state index in [2.05, 4.69) is 10.1 Å². The number of ether oxygens (including phenoxy) is 1. The summed E-state index contributed by atoms with van der Waals surface area (Å²) in [4.78, 5) is 11.7. The van der Waals surface area contributed by atoms with Crippen molar-refractivity contribution in [3.63, 3.8) is 0 Å². The third kappa shape index (κ3) is 5.30. The Labute approximate surface area is 123 Å². The molecule has 20 heavy (non-hydrogen) atoms. The highest BCUT2D eigenvalue weighted by atomic mass is 35.5. The van der Waals surface area contributed by atoms with Gasteiger partial charge in [-0.25, -0.2) is 0 Å². The number of para-hydroxylation sites is 1. The number of rotatable bonds is 6. The molecule has 1 rings (SSSR count). The molecule has 1 unspecified atom stereocenters. The fourth-order valence-electron chi connectivity index (χ4n) is 1.63. The minimum atomic E-state index is -2.90. The highest BCUT2D eigenvalue weighted by Gasteiger charge is 2.18. The Morgan fingerprint density at radius 3 is 2.55 bits per heavy atom. The zero-order valence-electron chi connectivity index (χ0n) is 11.3. The third-order valence-electron chi connectivity index (χ3n) is 2.74. The second-order valence-corrected chi connectivity index (χ2v) is 4.16. The number of carbonyl (C=O) groups is 1. The number of nitrogens with one attached hydrogen (secondary N) is 1. The van der Waals surface area contributed by atoms with E-state index >= 15 is 0 Å². The molecule has 0 fully saturated rings. The van der Waals surface area contributed by atoms with Crippen LogP contribution in [0.15, 0.2) is 24.3 Å². The first-order valence-electron chi connectivity index (χ1n) is 6.05. The molecule has 0 aliphatic carbocycles. The van der Waals surface area contributed by atoms with Crippen LogP contribution >= 0.6 is 12.4 Å². The van der Waals surface area contributed by atoms with Crippen LogP contribution in [0.3, 0.4) is 0 Å². The average molecular weight is 309 g/mol. The number of carbonyl (C=O) groups excluding carboxylic acids is 1. The van der Waals surface area contributed by atoms with Crippen molar-refractivity contribution in [2.45, 2.75) is 39.0 Å². The van der Waals surface area contributed by atoms with Gasteiger partial charge >= 0.3 is 6.61 Å². The van der Waals surface area contributed by atoms with Crippen molar-refractivity contribution in [1.82, 2.24) is 5.32 Å². The van der Waals surface area contributed by atoms with Gasteiger partial charge in [-0.2, -0.15) is 8.78 Å². The maximum absolute atomic E-state index is 12.3. The van der Waals surface area contributed by atoms with Crippen molar-refractivity contribution in [3.8, 4) is 5.75 Å². The second kappa shape index (κ2) is 8.71. The molecule has 7 heteroatoms. The van der Waals surface area contributed by atoms with Crippen molar-refractivity contribution in [2.75, 3.05) is 0 Å². The van der Waals surface area contributed by atoms with E-state index in [9.17, 15) is 13.6 Å². The van der Waals surface area contributed by atoms with E-state index in [-0.39, 0.29) is 24.1 Å². The van der Waals surface area contributed by atoms with Gasteiger partial charge in [-0.3, -0.25) is 4.79 Å². The molecule has 0 aliphatic rings. The normalized spacial score (nSPS) is 13.3. The van der Waals surface area contributed by atoms with Crippen LogP contribution in [0.2, 0.25) is 0 Å². The van der Waals surface area contributed by atoms with Gasteiger partial charge in [0.15, 0.2) is 0 Å². The Hall–Kier alpha value is -1.40. The average Bonchev–Trinajstić information content (AvgIpc) is 2.37. The Balaban J connectivity index is 0.00000361. The van der Waals surface area contributed by atoms with Gasteiger partial charge in [0, 0.05) is 5.56 Å². The number of amides is 1. The van der Waals surface area contributed by atoms with E-state index in [0.29, 0.717) is 12.0 Å². The third-order valence-corrected chi connectivity index (χ3v) is 2.74. The van der Waals surface area contributed by atoms with Gasteiger partial charge in [-0.1, -0.05) is 25.1 Å². The minimum absolute atomic E-state index is 0. The molecule has 0 radical (unpaired) electrons. The zero-order valence-corrected chi connectivity index (χ0v) is 12.1. The fraction of sp³-hybridized carbons (Fsp3) is 0.462. The van der Waals surface area contributed by atoms with E-state index in [4.69, 9.17) is 5.73 Å². The molecule has 0 saturated heterocycles. The van der Waals surface area contributed by atoms with Crippen molar-refractivity contribution < 1.29 is 18.3 Å². The summed E-state index contributed by atoms with van der Waals surface area (Å²) >= 11 is 0. The van der Waals surface area contributed by atoms with Crippen LogP contribution in [0, 0.1) is 0 Å². The Bertz CT molecular complexity index is 433. The van der Waals surface area contributed by atoms with Crippen molar-refractivity contribution in [1.29, 1.82) is 0 Å². The van der Waals surface area contributed by atoms with Gasteiger partial charge in [0.05, 0.1) is 12.1 Å². The minimum Gasteiger partial charge on any atom is -0.434 e. The number of halogens is 3.